The van der Waals surface area contributed by atoms with Gasteiger partial charge in [-0.2, -0.15) is 4.31 Å². The molecule has 1 saturated heterocycles. The summed E-state index contributed by atoms with van der Waals surface area (Å²) in [5.74, 6) is -0.724. The van der Waals surface area contributed by atoms with Crippen molar-refractivity contribution in [2.45, 2.75) is 38.5 Å². The van der Waals surface area contributed by atoms with Crippen molar-refractivity contribution in [2.24, 2.45) is 0 Å². The van der Waals surface area contributed by atoms with Gasteiger partial charge in [-0.15, -0.1) is 0 Å². The predicted molar refractivity (Wildman–Crippen MR) is 106 cm³/mol. The molecule has 0 radical (unpaired) electrons. The SMILES string of the molecule is C[C@H](C(=O)NC[C@H]1CCCO1)N(Cc1ccccc1)C(=O)CN(C)S(C)(=O)=O. The van der Waals surface area contributed by atoms with Gasteiger partial charge in [0.1, 0.15) is 6.04 Å². The Morgan fingerprint density at radius 1 is 1.29 bits per heavy atom. The number of carbonyl (C=O) groups excluding carboxylic acids is 2. The Bertz CT molecular complexity index is 763. The van der Waals surface area contributed by atoms with Crippen molar-refractivity contribution < 1.29 is 22.7 Å². The van der Waals surface area contributed by atoms with E-state index in [9.17, 15) is 18.0 Å². The minimum atomic E-state index is -3.50. The van der Waals surface area contributed by atoms with E-state index in [4.69, 9.17) is 4.74 Å². The van der Waals surface area contributed by atoms with Crippen LogP contribution in [0.25, 0.3) is 0 Å². The number of nitrogens with one attached hydrogen (secondary N) is 1. The summed E-state index contributed by atoms with van der Waals surface area (Å²) in [7, 11) is -2.16. The zero-order valence-corrected chi connectivity index (χ0v) is 17.4. The highest BCUT2D eigenvalue weighted by Crippen LogP contribution is 2.13. The van der Waals surface area contributed by atoms with Crippen molar-refractivity contribution in [2.75, 3.05) is 33.0 Å². The molecule has 1 aliphatic rings. The van der Waals surface area contributed by atoms with Crippen LogP contribution in [0.4, 0.5) is 0 Å². The minimum Gasteiger partial charge on any atom is -0.376 e. The molecule has 0 aromatic heterocycles. The molecular weight excluding hydrogens is 382 g/mol. The van der Waals surface area contributed by atoms with E-state index in [-0.39, 0.29) is 25.1 Å². The van der Waals surface area contributed by atoms with Crippen molar-refractivity contribution in [1.82, 2.24) is 14.5 Å². The topological polar surface area (TPSA) is 96.0 Å². The molecule has 9 heteroatoms. The lowest BCUT2D eigenvalue weighted by molar-refractivity contribution is -0.140. The highest BCUT2D eigenvalue weighted by molar-refractivity contribution is 7.88. The Morgan fingerprint density at radius 2 is 1.96 bits per heavy atom. The van der Waals surface area contributed by atoms with Crippen LogP contribution in [0.1, 0.15) is 25.3 Å². The maximum Gasteiger partial charge on any atom is 0.242 e. The summed E-state index contributed by atoms with van der Waals surface area (Å²) >= 11 is 0. The van der Waals surface area contributed by atoms with Crippen molar-refractivity contribution in [3.05, 3.63) is 35.9 Å². The fourth-order valence-electron chi connectivity index (χ4n) is 2.93. The quantitative estimate of drug-likeness (QED) is 0.642. The number of amides is 2. The molecule has 2 atom stereocenters. The first-order chi connectivity index (χ1) is 13.2. The molecule has 0 bridgehead atoms. The van der Waals surface area contributed by atoms with Gasteiger partial charge in [0.25, 0.3) is 0 Å². The third-order valence-corrected chi connectivity index (χ3v) is 6.08. The van der Waals surface area contributed by atoms with Crippen LogP contribution in [0.2, 0.25) is 0 Å². The van der Waals surface area contributed by atoms with Gasteiger partial charge >= 0.3 is 0 Å². The van der Waals surface area contributed by atoms with E-state index in [2.05, 4.69) is 5.32 Å². The van der Waals surface area contributed by atoms with Gasteiger partial charge < -0.3 is 15.0 Å². The van der Waals surface area contributed by atoms with E-state index in [0.29, 0.717) is 13.2 Å². The molecule has 1 fully saturated rings. The van der Waals surface area contributed by atoms with Crippen LogP contribution in [-0.4, -0.2) is 74.6 Å². The van der Waals surface area contributed by atoms with Crippen LogP contribution in [0.3, 0.4) is 0 Å². The zero-order valence-electron chi connectivity index (χ0n) is 16.6. The highest BCUT2D eigenvalue weighted by atomic mass is 32.2. The molecule has 0 aliphatic carbocycles. The second-order valence-corrected chi connectivity index (χ2v) is 9.17. The third kappa shape index (κ3) is 6.57. The summed E-state index contributed by atoms with van der Waals surface area (Å²) in [5, 5.41) is 2.84. The van der Waals surface area contributed by atoms with E-state index in [0.717, 1.165) is 29.0 Å². The third-order valence-electron chi connectivity index (χ3n) is 4.82. The lowest BCUT2D eigenvalue weighted by Gasteiger charge is -2.30. The number of sulfonamides is 1. The fourth-order valence-corrected chi connectivity index (χ4v) is 3.27. The largest absolute Gasteiger partial charge is 0.376 e. The second-order valence-electron chi connectivity index (χ2n) is 7.08. The summed E-state index contributed by atoms with van der Waals surface area (Å²) in [4.78, 5) is 26.9. The van der Waals surface area contributed by atoms with E-state index < -0.39 is 22.0 Å². The van der Waals surface area contributed by atoms with Crippen molar-refractivity contribution in [3.8, 4) is 0 Å². The number of likely N-dealkylation sites (N-methyl/N-ethyl adjacent to an activating group) is 1. The van der Waals surface area contributed by atoms with Crippen LogP contribution in [0.15, 0.2) is 30.3 Å². The van der Waals surface area contributed by atoms with Crippen LogP contribution in [-0.2, 0) is 30.9 Å². The number of ether oxygens (including phenoxy) is 1. The molecular formula is C19H29N3O5S. The Labute approximate surface area is 166 Å². The predicted octanol–water partition coefficient (Wildman–Crippen LogP) is 0.590. The first-order valence-electron chi connectivity index (χ1n) is 9.32. The number of carbonyl (C=O) groups is 2. The number of hydrogen-bond acceptors (Lipinski definition) is 5. The smallest absolute Gasteiger partial charge is 0.242 e. The molecule has 0 saturated carbocycles. The van der Waals surface area contributed by atoms with Gasteiger partial charge in [-0.25, -0.2) is 8.42 Å². The summed E-state index contributed by atoms with van der Waals surface area (Å²) < 4.78 is 29.8. The first kappa shape index (κ1) is 22.3. The molecule has 156 valence electrons. The molecule has 1 aromatic rings. The van der Waals surface area contributed by atoms with Gasteiger partial charge in [0.2, 0.25) is 21.8 Å². The van der Waals surface area contributed by atoms with Crippen LogP contribution < -0.4 is 5.32 Å². The van der Waals surface area contributed by atoms with E-state index >= 15 is 0 Å². The van der Waals surface area contributed by atoms with Gasteiger partial charge in [0, 0.05) is 26.7 Å². The number of nitrogens with zero attached hydrogens (tertiary/aromatic N) is 2. The zero-order chi connectivity index (χ0) is 20.7. The van der Waals surface area contributed by atoms with Crippen LogP contribution in [0, 0.1) is 0 Å². The lowest BCUT2D eigenvalue weighted by Crippen LogP contribution is -2.51. The summed E-state index contributed by atoms with van der Waals surface area (Å²) in [6.45, 7) is 2.64. The second kappa shape index (κ2) is 9.99. The number of hydrogen-bond donors (Lipinski definition) is 1. The number of benzene rings is 1. The standard InChI is InChI=1S/C19H29N3O5S/c1-15(19(24)20-12-17-10-7-11-27-17)22(13-16-8-5-4-6-9-16)18(23)14-21(2)28(3,25)26/h4-6,8-9,15,17H,7,10-14H2,1-3H3,(H,20,24)/t15-,17-/m1/s1. The molecule has 1 aromatic carbocycles. The van der Waals surface area contributed by atoms with Gasteiger partial charge in [-0.05, 0) is 25.3 Å². The number of rotatable bonds is 9. The normalized spacial score (nSPS) is 18.1. The lowest BCUT2D eigenvalue weighted by atomic mass is 10.1. The van der Waals surface area contributed by atoms with Gasteiger partial charge in [0.05, 0.1) is 18.9 Å². The van der Waals surface area contributed by atoms with Crippen LogP contribution in [0.5, 0.6) is 0 Å². The molecule has 2 rings (SSSR count). The first-order valence-corrected chi connectivity index (χ1v) is 11.2. The van der Waals surface area contributed by atoms with E-state index in [1.165, 1.54) is 11.9 Å². The summed E-state index contributed by atoms with van der Waals surface area (Å²) in [6.07, 6.45) is 2.93. The molecule has 0 spiro atoms. The minimum absolute atomic E-state index is 0.00536. The molecule has 1 aliphatic heterocycles. The molecule has 2 amide bonds. The van der Waals surface area contributed by atoms with Gasteiger partial charge in [0.15, 0.2) is 0 Å². The molecule has 1 N–H and O–H groups in total. The van der Waals surface area contributed by atoms with Crippen molar-refractivity contribution in [1.29, 1.82) is 0 Å². The average molecular weight is 412 g/mol. The Balaban J connectivity index is 2.09. The maximum atomic E-state index is 12.8. The molecule has 0 unspecified atom stereocenters. The Kier molecular flexibility index (Phi) is 7.97. The summed E-state index contributed by atoms with van der Waals surface area (Å²) in [5.41, 5.74) is 0.858. The van der Waals surface area contributed by atoms with Crippen LogP contribution >= 0.6 is 0 Å². The van der Waals surface area contributed by atoms with Gasteiger partial charge in [-0.1, -0.05) is 30.3 Å². The molecule has 1 heterocycles. The highest BCUT2D eigenvalue weighted by Gasteiger charge is 2.29. The van der Waals surface area contributed by atoms with Gasteiger partial charge in [-0.3, -0.25) is 9.59 Å². The fraction of sp³-hybridized carbons (Fsp3) is 0.579. The van der Waals surface area contributed by atoms with Crippen molar-refractivity contribution in [3.63, 3.8) is 0 Å². The average Bonchev–Trinajstić information content (AvgIpc) is 3.17. The van der Waals surface area contributed by atoms with E-state index in [1.54, 1.807) is 6.92 Å². The Hall–Kier alpha value is -1.97. The Morgan fingerprint density at radius 3 is 2.54 bits per heavy atom. The maximum absolute atomic E-state index is 12.8. The van der Waals surface area contributed by atoms with Crippen molar-refractivity contribution >= 4 is 21.8 Å². The van der Waals surface area contributed by atoms with E-state index in [1.807, 2.05) is 30.3 Å². The molecule has 28 heavy (non-hydrogen) atoms. The molecule has 8 nitrogen and oxygen atoms in total. The monoisotopic (exact) mass is 411 g/mol. The summed E-state index contributed by atoms with van der Waals surface area (Å²) in [6, 6.07) is 8.54.